The van der Waals surface area contributed by atoms with Gasteiger partial charge in [0, 0.05) is 29.1 Å². The maximum Gasteiger partial charge on any atom is 0.157 e. The molecule has 1 aliphatic heterocycles. The molecule has 0 aromatic carbocycles. The first kappa shape index (κ1) is 16.5. The number of pyridine rings is 1. The van der Waals surface area contributed by atoms with Gasteiger partial charge < -0.3 is 9.47 Å². The number of nitrogens with zero attached hydrogens (tertiary/aromatic N) is 2. The second-order valence-electron chi connectivity index (χ2n) is 6.05. The van der Waals surface area contributed by atoms with E-state index in [9.17, 15) is 0 Å². The first-order valence-electron chi connectivity index (χ1n) is 7.43. The van der Waals surface area contributed by atoms with E-state index in [2.05, 4.69) is 31.8 Å². The summed E-state index contributed by atoms with van der Waals surface area (Å²) in [5.41, 5.74) is 2.13. The molecule has 0 radical (unpaired) electrons. The van der Waals surface area contributed by atoms with Crippen molar-refractivity contribution in [1.29, 1.82) is 0 Å². The van der Waals surface area contributed by atoms with Crippen LogP contribution >= 0.6 is 11.9 Å². The van der Waals surface area contributed by atoms with Crippen LogP contribution in [0.5, 0.6) is 0 Å². The van der Waals surface area contributed by atoms with E-state index in [1.54, 1.807) is 18.1 Å². The van der Waals surface area contributed by atoms with Crippen LogP contribution in [-0.4, -0.2) is 34.9 Å². The lowest BCUT2D eigenvalue weighted by Crippen LogP contribution is -2.25. The van der Waals surface area contributed by atoms with E-state index < -0.39 is 0 Å². The summed E-state index contributed by atoms with van der Waals surface area (Å²) in [6.45, 7) is 8.07. The van der Waals surface area contributed by atoms with Crippen molar-refractivity contribution in [1.82, 2.24) is 4.98 Å². The fraction of sp³-hybridized carbons (Fsp3) is 0.625. The summed E-state index contributed by atoms with van der Waals surface area (Å²) in [6.07, 6.45) is 6.20. The van der Waals surface area contributed by atoms with Crippen LogP contribution in [0.1, 0.15) is 45.6 Å². The van der Waals surface area contributed by atoms with Crippen molar-refractivity contribution in [3.63, 3.8) is 0 Å². The molecule has 0 atom stereocenters. The van der Waals surface area contributed by atoms with Crippen LogP contribution in [0, 0.1) is 0 Å². The van der Waals surface area contributed by atoms with E-state index in [1.165, 1.54) is 0 Å². The highest BCUT2D eigenvalue weighted by molar-refractivity contribution is 7.99. The van der Waals surface area contributed by atoms with Gasteiger partial charge in [-0.25, -0.2) is 4.40 Å². The minimum Gasteiger partial charge on any atom is -0.353 e. The molecule has 21 heavy (non-hydrogen) atoms. The van der Waals surface area contributed by atoms with Crippen LogP contribution in [0.3, 0.4) is 0 Å². The third-order valence-electron chi connectivity index (χ3n) is 2.94. The number of rotatable bonds is 5. The van der Waals surface area contributed by atoms with Crippen molar-refractivity contribution in [2.45, 2.75) is 51.1 Å². The second-order valence-corrected chi connectivity index (χ2v) is 7.64. The molecule has 0 unspecified atom stereocenters. The Morgan fingerprint density at radius 3 is 2.76 bits per heavy atom. The van der Waals surface area contributed by atoms with Gasteiger partial charge in [0.2, 0.25) is 0 Å². The number of hydrogen-bond acceptors (Lipinski definition) is 5. The molecule has 0 aliphatic carbocycles. The fourth-order valence-corrected chi connectivity index (χ4v) is 2.51. The van der Waals surface area contributed by atoms with E-state index >= 15 is 0 Å². The molecule has 0 N–H and O–H groups in total. The molecule has 0 bridgehead atoms. The Hall–Kier alpha value is -0.910. The van der Waals surface area contributed by atoms with Gasteiger partial charge in [0.25, 0.3) is 0 Å². The van der Waals surface area contributed by atoms with Gasteiger partial charge in [-0.2, -0.15) is 0 Å². The summed E-state index contributed by atoms with van der Waals surface area (Å²) in [7, 11) is 0. The Kier molecular flexibility index (Phi) is 6.21. The van der Waals surface area contributed by atoms with Crippen molar-refractivity contribution in [2.75, 3.05) is 13.2 Å². The summed E-state index contributed by atoms with van der Waals surface area (Å²) in [5, 5.41) is 0. The van der Waals surface area contributed by atoms with Crippen molar-refractivity contribution in [2.24, 2.45) is 4.40 Å². The van der Waals surface area contributed by atoms with E-state index in [0.717, 1.165) is 43.8 Å². The normalized spacial score (nSPS) is 18.0. The fourth-order valence-electron chi connectivity index (χ4n) is 1.93. The van der Waals surface area contributed by atoms with Gasteiger partial charge in [-0.15, -0.1) is 0 Å². The van der Waals surface area contributed by atoms with Crippen molar-refractivity contribution in [3.8, 4) is 0 Å². The SMILES string of the molecule is CC(C)(C)SN=C(CCC1OCCCO1)c1cccnc1. The van der Waals surface area contributed by atoms with Gasteiger partial charge in [0.05, 0.1) is 18.9 Å². The summed E-state index contributed by atoms with van der Waals surface area (Å²) >= 11 is 1.60. The molecule has 4 nitrogen and oxygen atoms in total. The Labute approximate surface area is 131 Å². The van der Waals surface area contributed by atoms with E-state index in [0.29, 0.717) is 0 Å². The van der Waals surface area contributed by atoms with Crippen LogP contribution in [0.15, 0.2) is 28.9 Å². The molecule has 1 fully saturated rings. The third-order valence-corrected chi connectivity index (χ3v) is 3.80. The molecular weight excluding hydrogens is 284 g/mol. The molecule has 0 saturated carbocycles. The maximum atomic E-state index is 5.61. The predicted octanol–water partition coefficient (Wildman–Crippen LogP) is 3.86. The van der Waals surface area contributed by atoms with Crippen LogP contribution in [0.4, 0.5) is 0 Å². The smallest absolute Gasteiger partial charge is 0.157 e. The minimum atomic E-state index is -0.0970. The predicted molar refractivity (Wildman–Crippen MR) is 87.7 cm³/mol. The topological polar surface area (TPSA) is 43.7 Å². The largest absolute Gasteiger partial charge is 0.353 e. The Balaban J connectivity index is 2.01. The molecular formula is C16H24N2O2S. The third kappa shape index (κ3) is 6.16. The maximum absolute atomic E-state index is 5.61. The van der Waals surface area contributed by atoms with Crippen molar-refractivity contribution in [3.05, 3.63) is 30.1 Å². The van der Waals surface area contributed by atoms with Crippen LogP contribution in [0.25, 0.3) is 0 Å². The molecule has 116 valence electrons. The molecule has 2 rings (SSSR count). The number of ether oxygens (including phenoxy) is 2. The molecule has 0 spiro atoms. The summed E-state index contributed by atoms with van der Waals surface area (Å²) in [5.74, 6) is 0. The van der Waals surface area contributed by atoms with Gasteiger partial charge >= 0.3 is 0 Å². The molecule has 1 saturated heterocycles. The summed E-state index contributed by atoms with van der Waals surface area (Å²) < 4.78 is 16.1. The van der Waals surface area contributed by atoms with Gasteiger partial charge in [0.1, 0.15) is 0 Å². The highest BCUT2D eigenvalue weighted by atomic mass is 32.2. The van der Waals surface area contributed by atoms with E-state index in [-0.39, 0.29) is 11.0 Å². The van der Waals surface area contributed by atoms with Crippen molar-refractivity contribution < 1.29 is 9.47 Å². The zero-order valence-electron chi connectivity index (χ0n) is 13.0. The minimum absolute atomic E-state index is 0.0970. The standard InChI is InChI=1S/C16H24N2O2S/c1-16(2,3)21-18-14(13-6-4-9-17-12-13)7-8-15-19-10-5-11-20-15/h4,6,9,12,15H,5,7-8,10-11H2,1-3H3. The lowest BCUT2D eigenvalue weighted by atomic mass is 10.1. The van der Waals surface area contributed by atoms with Crippen LogP contribution < -0.4 is 0 Å². The lowest BCUT2D eigenvalue weighted by molar-refractivity contribution is -0.180. The van der Waals surface area contributed by atoms with E-state index in [1.807, 2.05) is 12.3 Å². The summed E-state index contributed by atoms with van der Waals surface area (Å²) in [4.78, 5) is 4.19. The average molecular weight is 308 g/mol. The molecule has 1 aromatic rings. The van der Waals surface area contributed by atoms with Gasteiger partial charge in [0.15, 0.2) is 6.29 Å². The molecule has 0 amide bonds. The molecule has 1 aliphatic rings. The van der Waals surface area contributed by atoms with Gasteiger partial charge in [-0.3, -0.25) is 4.98 Å². The number of aromatic nitrogens is 1. The first-order valence-corrected chi connectivity index (χ1v) is 8.20. The average Bonchev–Trinajstić information content (AvgIpc) is 2.48. The highest BCUT2D eigenvalue weighted by Gasteiger charge is 2.17. The Morgan fingerprint density at radius 2 is 2.14 bits per heavy atom. The quantitative estimate of drug-likeness (QED) is 0.612. The highest BCUT2D eigenvalue weighted by Crippen LogP contribution is 2.26. The molecule has 1 aromatic heterocycles. The van der Waals surface area contributed by atoms with Crippen molar-refractivity contribution >= 4 is 17.7 Å². The first-order chi connectivity index (χ1) is 10.0. The molecule has 2 heterocycles. The van der Waals surface area contributed by atoms with Gasteiger partial charge in [-0.05, 0) is 51.6 Å². The lowest BCUT2D eigenvalue weighted by Gasteiger charge is -2.23. The monoisotopic (exact) mass is 308 g/mol. The van der Waals surface area contributed by atoms with E-state index in [4.69, 9.17) is 13.9 Å². The molecule has 5 heteroatoms. The second kappa shape index (κ2) is 7.92. The zero-order chi connectivity index (χ0) is 15.1. The zero-order valence-corrected chi connectivity index (χ0v) is 13.9. The van der Waals surface area contributed by atoms with Crippen LogP contribution in [0.2, 0.25) is 0 Å². The number of hydrogen-bond donors (Lipinski definition) is 0. The Bertz CT molecular complexity index is 451. The Morgan fingerprint density at radius 1 is 1.38 bits per heavy atom. The summed E-state index contributed by atoms with van der Waals surface area (Å²) in [6, 6.07) is 4.00. The van der Waals surface area contributed by atoms with Crippen LogP contribution in [-0.2, 0) is 9.47 Å². The van der Waals surface area contributed by atoms with Gasteiger partial charge in [-0.1, -0.05) is 6.07 Å².